The van der Waals surface area contributed by atoms with Crippen molar-refractivity contribution in [2.24, 2.45) is 5.73 Å². The second-order valence-corrected chi connectivity index (χ2v) is 25.5. The Morgan fingerprint density at radius 3 is 0.788 bits per heavy atom. The standard InChI is InChI=1S/C89H136NO8P/c1-3-5-7-9-11-13-15-17-19-21-23-25-27-29-31-33-35-37-39-41-42-43-44-46-47-49-51-53-55-57-59-61-63-65-67-69-71-73-75-77-79-81-88(91)95-85-87(86-97-99(93,94)96-84-83-90)98-89(92)82-80-78-76-74-72-70-68-66-64-62-60-58-56-54-52-50-48-45-40-38-36-34-32-30-28-26-24-22-20-18-16-14-12-10-8-6-4-2/h5-8,11-14,17-20,23-26,29-32,35-38,41-42,44-46,48-49,51-52,54-55,57-58,60,64,66,70,72,87H,3-4,9-10,15-16,21-22,27-28,33-34,39-40,43,47,50,53,56,59,61-63,65,67-69,71,73-86,90H2,1-2H3,(H,93,94)/b7-5-,8-6-,13-11-,14-12-,19-17-,20-18-,25-23-,26-24-,31-29-,32-30-,37-35-,38-36-,42-41-,46-44-,48-45-,51-49-,54-52-,57-55-,60-58-,66-64-,72-70-. The van der Waals surface area contributed by atoms with Gasteiger partial charge >= 0.3 is 19.8 Å². The van der Waals surface area contributed by atoms with Crippen molar-refractivity contribution in [3.63, 3.8) is 0 Å². The number of phosphoric acid groups is 1. The molecule has 3 N–H and O–H groups in total. The fourth-order valence-corrected chi connectivity index (χ4v) is 10.1. The van der Waals surface area contributed by atoms with Gasteiger partial charge in [-0.05, 0) is 173 Å². The average molecular weight is 1380 g/mol. The number of hydrogen-bond donors (Lipinski definition) is 2. The lowest BCUT2D eigenvalue weighted by Gasteiger charge is -2.19. The molecule has 0 spiro atoms. The molecule has 10 heteroatoms. The van der Waals surface area contributed by atoms with Gasteiger partial charge in [0.1, 0.15) is 6.61 Å². The Labute approximate surface area is 605 Å². The largest absolute Gasteiger partial charge is 0.472 e. The maximum atomic E-state index is 12.8. The number of hydrogen-bond acceptors (Lipinski definition) is 8. The lowest BCUT2D eigenvalue weighted by atomic mass is 10.1. The topological polar surface area (TPSA) is 134 Å². The summed E-state index contributed by atoms with van der Waals surface area (Å²) in [6.07, 6.45) is 129. The highest BCUT2D eigenvalue weighted by Gasteiger charge is 2.26. The van der Waals surface area contributed by atoms with Gasteiger partial charge in [0.25, 0.3) is 0 Å². The highest BCUT2D eigenvalue weighted by Crippen LogP contribution is 2.43. The van der Waals surface area contributed by atoms with Gasteiger partial charge in [-0.15, -0.1) is 0 Å². The van der Waals surface area contributed by atoms with Gasteiger partial charge in [-0.25, -0.2) is 4.57 Å². The quantitative estimate of drug-likeness (QED) is 0.0264. The van der Waals surface area contributed by atoms with E-state index in [0.29, 0.717) is 12.8 Å². The van der Waals surface area contributed by atoms with Crippen LogP contribution in [0.15, 0.2) is 255 Å². The van der Waals surface area contributed by atoms with Crippen LogP contribution < -0.4 is 5.73 Å². The van der Waals surface area contributed by atoms with E-state index >= 15 is 0 Å². The smallest absolute Gasteiger partial charge is 0.462 e. The molecule has 0 amide bonds. The molecular formula is C89H136NO8P. The SMILES string of the molecule is CC/C=C\C/C=C\C/C=C\C/C=C\C/C=C\C/C=C\C/C=C\C/C=C\C/C=C\C/C=C\C/C=C\CCCCCC(=O)OC(COC(=O)CCCCCCCCCCCC/C=C\C/C=C\C/C=C\C/C=C\C/C=C\C/C=C\C/C=C\C/C=C\C/C=C\C/C=C\CC)COP(=O)(O)OCCN. The lowest BCUT2D eigenvalue weighted by molar-refractivity contribution is -0.161. The molecule has 2 atom stereocenters. The van der Waals surface area contributed by atoms with Gasteiger partial charge in [-0.3, -0.25) is 18.6 Å². The van der Waals surface area contributed by atoms with Crippen molar-refractivity contribution in [2.45, 2.75) is 264 Å². The molecule has 0 aliphatic heterocycles. The summed E-state index contributed by atoms with van der Waals surface area (Å²) in [4.78, 5) is 35.4. The van der Waals surface area contributed by atoms with Crippen LogP contribution in [0.2, 0.25) is 0 Å². The van der Waals surface area contributed by atoms with Gasteiger partial charge in [-0.1, -0.05) is 327 Å². The van der Waals surface area contributed by atoms with Crippen molar-refractivity contribution in [2.75, 3.05) is 26.4 Å². The Kier molecular flexibility index (Phi) is 75.3. The minimum atomic E-state index is -4.43. The van der Waals surface area contributed by atoms with Gasteiger partial charge in [0.15, 0.2) is 6.10 Å². The number of rotatable bonds is 68. The highest BCUT2D eigenvalue weighted by atomic mass is 31.2. The van der Waals surface area contributed by atoms with E-state index in [9.17, 15) is 19.0 Å². The number of unbranched alkanes of at least 4 members (excludes halogenated alkanes) is 13. The van der Waals surface area contributed by atoms with Crippen LogP contribution in [-0.4, -0.2) is 49.3 Å². The first-order valence-corrected chi connectivity index (χ1v) is 39.7. The molecule has 0 aromatic heterocycles. The van der Waals surface area contributed by atoms with Gasteiger partial charge < -0.3 is 20.1 Å². The Balaban J connectivity index is 4.04. The number of allylic oxidation sites excluding steroid dienone is 42. The molecule has 0 radical (unpaired) electrons. The summed E-state index contributed by atoms with van der Waals surface area (Å²) in [5.41, 5.74) is 5.40. The maximum Gasteiger partial charge on any atom is 0.472 e. The second kappa shape index (κ2) is 80.5. The predicted octanol–water partition coefficient (Wildman–Crippen LogP) is 26.1. The number of carbonyl (C=O) groups excluding carboxylic acids is 2. The molecule has 0 bridgehead atoms. The number of nitrogens with two attached hydrogens (primary N) is 1. The van der Waals surface area contributed by atoms with Crippen LogP contribution in [0.5, 0.6) is 0 Å². The zero-order chi connectivity index (χ0) is 71.5. The summed E-state index contributed by atoms with van der Waals surface area (Å²) in [6.45, 7) is 3.44. The van der Waals surface area contributed by atoms with Crippen molar-refractivity contribution >= 4 is 19.8 Å². The molecule has 9 nitrogen and oxygen atoms in total. The summed E-state index contributed by atoms with van der Waals surface area (Å²) in [5.74, 6) is -0.890. The highest BCUT2D eigenvalue weighted by molar-refractivity contribution is 7.47. The summed E-state index contributed by atoms with van der Waals surface area (Å²) in [6, 6.07) is 0. The second-order valence-electron chi connectivity index (χ2n) is 24.0. The Morgan fingerprint density at radius 2 is 0.525 bits per heavy atom. The first kappa shape index (κ1) is 92.5. The monoisotopic (exact) mass is 1380 g/mol. The fourth-order valence-electron chi connectivity index (χ4n) is 9.37. The van der Waals surface area contributed by atoms with E-state index in [0.717, 1.165) is 180 Å². The van der Waals surface area contributed by atoms with E-state index in [1.807, 2.05) is 0 Å². The Morgan fingerprint density at radius 1 is 0.303 bits per heavy atom. The first-order chi connectivity index (χ1) is 48.8. The van der Waals surface area contributed by atoms with E-state index in [-0.39, 0.29) is 32.6 Å². The van der Waals surface area contributed by atoms with Crippen molar-refractivity contribution in [3.8, 4) is 0 Å². The van der Waals surface area contributed by atoms with Crippen LogP contribution in [0.4, 0.5) is 0 Å². The van der Waals surface area contributed by atoms with Gasteiger partial charge in [-0.2, -0.15) is 0 Å². The predicted molar refractivity (Wildman–Crippen MR) is 430 cm³/mol. The zero-order valence-corrected chi connectivity index (χ0v) is 62.7. The molecule has 0 saturated carbocycles. The van der Waals surface area contributed by atoms with E-state index in [1.165, 1.54) is 38.5 Å². The van der Waals surface area contributed by atoms with Crippen LogP contribution in [-0.2, 0) is 32.7 Å². The number of carbonyl (C=O) groups is 2. The van der Waals surface area contributed by atoms with Crippen molar-refractivity contribution in [1.29, 1.82) is 0 Å². The molecule has 0 aliphatic carbocycles. The molecule has 0 saturated heterocycles. The molecular weight excluding hydrogens is 1240 g/mol. The summed E-state index contributed by atoms with van der Waals surface area (Å²) < 4.78 is 33.2. The van der Waals surface area contributed by atoms with Crippen LogP contribution in [0, 0.1) is 0 Å². The molecule has 550 valence electrons. The number of ether oxygens (including phenoxy) is 2. The molecule has 0 fully saturated rings. The van der Waals surface area contributed by atoms with Gasteiger partial charge in [0.2, 0.25) is 0 Å². The maximum absolute atomic E-state index is 12.8. The summed E-state index contributed by atoms with van der Waals surface area (Å²) >= 11 is 0. The number of esters is 2. The normalized spacial score (nSPS) is 14.3. The van der Waals surface area contributed by atoms with Crippen LogP contribution in [0.3, 0.4) is 0 Å². The van der Waals surface area contributed by atoms with Crippen LogP contribution >= 0.6 is 7.82 Å². The van der Waals surface area contributed by atoms with E-state index in [4.69, 9.17) is 24.3 Å². The van der Waals surface area contributed by atoms with Crippen LogP contribution in [0.25, 0.3) is 0 Å². The van der Waals surface area contributed by atoms with Gasteiger partial charge in [0, 0.05) is 19.4 Å². The average Bonchev–Trinajstić information content (AvgIpc) is 1.64. The van der Waals surface area contributed by atoms with Crippen LogP contribution in [0.1, 0.15) is 258 Å². The molecule has 2 unspecified atom stereocenters. The molecule has 0 rings (SSSR count). The van der Waals surface area contributed by atoms with Crippen molar-refractivity contribution in [1.82, 2.24) is 0 Å². The lowest BCUT2D eigenvalue weighted by Crippen LogP contribution is -2.29. The van der Waals surface area contributed by atoms with E-state index < -0.39 is 32.5 Å². The zero-order valence-electron chi connectivity index (χ0n) is 61.9. The third-order valence-electron chi connectivity index (χ3n) is 14.9. The van der Waals surface area contributed by atoms with E-state index in [1.54, 1.807) is 0 Å². The molecule has 0 aromatic rings. The van der Waals surface area contributed by atoms with Crippen molar-refractivity contribution in [3.05, 3.63) is 255 Å². The fraction of sp³-hybridized carbons (Fsp3) is 0.506. The minimum absolute atomic E-state index is 0.0337. The molecule has 0 aliphatic rings. The van der Waals surface area contributed by atoms with Crippen molar-refractivity contribution < 1.29 is 37.6 Å². The van der Waals surface area contributed by atoms with Gasteiger partial charge in [0.05, 0.1) is 13.2 Å². The summed E-state index contributed by atoms with van der Waals surface area (Å²) in [5, 5.41) is 0. The number of phosphoric ester groups is 1. The third-order valence-corrected chi connectivity index (χ3v) is 15.9. The third kappa shape index (κ3) is 80.4. The Hall–Kier alpha value is -6.45. The minimum Gasteiger partial charge on any atom is -0.462 e. The summed E-state index contributed by atoms with van der Waals surface area (Å²) in [7, 11) is -4.43. The van der Waals surface area contributed by atoms with E-state index in [2.05, 4.69) is 269 Å². The molecule has 99 heavy (non-hydrogen) atoms. The Bertz CT molecular complexity index is 2580. The molecule has 0 heterocycles. The molecule has 0 aromatic carbocycles. The first-order valence-electron chi connectivity index (χ1n) is 38.2.